The molecule has 0 bridgehead atoms. The molecule has 0 radical (unpaired) electrons. The molecule has 2 aliphatic rings. The van der Waals surface area contributed by atoms with Crippen LogP contribution in [0.5, 0.6) is 17.4 Å². The van der Waals surface area contributed by atoms with Crippen LogP contribution in [-0.2, 0) is 13.0 Å². The summed E-state index contributed by atoms with van der Waals surface area (Å²) < 4.78 is 17.6. The molecular formula is C23H26N6O4. The van der Waals surface area contributed by atoms with Crippen LogP contribution in [0.4, 0.5) is 0 Å². The van der Waals surface area contributed by atoms with Gasteiger partial charge in [0, 0.05) is 38.8 Å². The molecule has 0 atom stereocenters. The molecule has 1 aromatic carbocycles. The first-order valence-corrected chi connectivity index (χ1v) is 11.0. The fourth-order valence-electron chi connectivity index (χ4n) is 4.20. The number of hydrogen-bond acceptors (Lipinski definition) is 8. The number of benzene rings is 1. The number of nitrogens with zero attached hydrogens (tertiary/aromatic N) is 6. The second kappa shape index (κ2) is 9.07. The standard InChI is InChI=1S/C23H26N6O4/c1-3-18-17(13-24-29(18)21-6-7-22(31-2)26-25-21)23(30)28-10-8-27(9-11-28)14-16-4-5-19-20(12-16)33-15-32-19/h4-7,12-13H,3,8-11,14-15H2,1-2H3. The predicted molar refractivity (Wildman–Crippen MR) is 119 cm³/mol. The number of carbonyl (C=O) groups excluding carboxylic acids is 1. The smallest absolute Gasteiger partial charge is 0.257 e. The summed E-state index contributed by atoms with van der Waals surface area (Å²) in [6, 6.07) is 9.55. The summed E-state index contributed by atoms with van der Waals surface area (Å²) in [6.07, 6.45) is 2.28. The van der Waals surface area contributed by atoms with Gasteiger partial charge >= 0.3 is 0 Å². The molecule has 0 spiro atoms. The summed E-state index contributed by atoms with van der Waals surface area (Å²) in [5.41, 5.74) is 2.61. The van der Waals surface area contributed by atoms with E-state index in [4.69, 9.17) is 14.2 Å². The summed E-state index contributed by atoms with van der Waals surface area (Å²) in [6.45, 7) is 6.04. The van der Waals surface area contributed by atoms with Crippen LogP contribution in [0.1, 0.15) is 28.5 Å². The summed E-state index contributed by atoms with van der Waals surface area (Å²) in [5.74, 6) is 2.58. The van der Waals surface area contributed by atoms with Gasteiger partial charge in [0.05, 0.1) is 24.6 Å². The fraction of sp³-hybridized carbons (Fsp3) is 0.391. The quantitative estimate of drug-likeness (QED) is 0.562. The molecule has 2 aliphatic heterocycles. The minimum absolute atomic E-state index is 0.00213. The Bertz CT molecular complexity index is 1140. The Labute approximate surface area is 191 Å². The molecule has 0 N–H and O–H groups in total. The summed E-state index contributed by atoms with van der Waals surface area (Å²) in [4.78, 5) is 17.5. The number of rotatable bonds is 6. The Kier molecular flexibility index (Phi) is 5.82. The lowest BCUT2D eigenvalue weighted by Crippen LogP contribution is -2.48. The zero-order valence-electron chi connectivity index (χ0n) is 18.7. The van der Waals surface area contributed by atoms with Crippen LogP contribution < -0.4 is 14.2 Å². The first-order valence-electron chi connectivity index (χ1n) is 11.0. The van der Waals surface area contributed by atoms with Gasteiger partial charge in [-0.05, 0) is 30.2 Å². The van der Waals surface area contributed by atoms with E-state index in [-0.39, 0.29) is 12.7 Å². The summed E-state index contributed by atoms with van der Waals surface area (Å²) in [5, 5.41) is 12.6. The van der Waals surface area contributed by atoms with E-state index in [1.165, 1.54) is 5.56 Å². The topological polar surface area (TPSA) is 94.8 Å². The van der Waals surface area contributed by atoms with Gasteiger partial charge in [0.2, 0.25) is 12.7 Å². The molecule has 1 amide bonds. The Morgan fingerprint density at radius 2 is 1.88 bits per heavy atom. The number of aromatic nitrogens is 4. The fourth-order valence-corrected chi connectivity index (χ4v) is 4.20. The molecule has 3 aromatic rings. The highest BCUT2D eigenvalue weighted by Gasteiger charge is 2.26. The zero-order chi connectivity index (χ0) is 22.8. The molecule has 5 rings (SSSR count). The summed E-state index contributed by atoms with van der Waals surface area (Å²) in [7, 11) is 1.54. The minimum atomic E-state index is 0.00213. The number of carbonyl (C=O) groups is 1. The molecule has 10 nitrogen and oxygen atoms in total. The Morgan fingerprint density at radius 3 is 2.61 bits per heavy atom. The van der Waals surface area contributed by atoms with Gasteiger partial charge in [-0.3, -0.25) is 9.69 Å². The lowest BCUT2D eigenvalue weighted by atomic mass is 10.1. The molecule has 0 unspecified atom stereocenters. The Hall–Kier alpha value is -3.66. The molecule has 4 heterocycles. The monoisotopic (exact) mass is 450 g/mol. The molecule has 2 aromatic heterocycles. The van der Waals surface area contributed by atoms with E-state index in [1.54, 1.807) is 30.1 Å². The number of methoxy groups -OCH3 is 1. The second-order valence-corrected chi connectivity index (χ2v) is 7.96. The van der Waals surface area contributed by atoms with Crippen molar-refractivity contribution in [1.82, 2.24) is 29.8 Å². The molecule has 1 saturated heterocycles. The molecule has 33 heavy (non-hydrogen) atoms. The van der Waals surface area contributed by atoms with E-state index in [9.17, 15) is 4.79 Å². The van der Waals surface area contributed by atoms with E-state index >= 15 is 0 Å². The number of hydrogen-bond donors (Lipinski definition) is 0. The third kappa shape index (κ3) is 4.21. The lowest BCUT2D eigenvalue weighted by molar-refractivity contribution is 0.0627. The van der Waals surface area contributed by atoms with Crippen molar-refractivity contribution in [3.8, 4) is 23.2 Å². The van der Waals surface area contributed by atoms with E-state index in [1.807, 2.05) is 24.0 Å². The van der Waals surface area contributed by atoms with Crippen LogP contribution in [0, 0.1) is 0 Å². The third-order valence-electron chi connectivity index (χ3n) is 5.99. The second-order valence-electron chi connectivity index (χ2n) is 7.96. The molecule has 1 fully saturated rings. The van der Waals surface area contributed by atoms with E-state index < -0.39 is 0 Å². The van der Waals surface area contributed by atoms with Crippen LogP contribution in [0.25, 0.3) is 5.82 Å². The van der Waals surface area contributed by atoms with Crippen LogP contribution in [0.2, 0.25) is 0 Å². The van der Waals surface area contributed by atoms with Crippen molar-refractivity contribution in [3.63, 3.8) is 0 Å². The highest BCUT2D eigenvalue weighted by Crippen LogP contribution is 2.33. The van der Waals surface area contributed by atoms with Crippen LogP contribution in [-0.4, -0.2) is 75.8 Å². The van der Waals surface area contributed by atoms with Crippen LogP contribution in [0.15, 0.2) is 36.5 Å². The number of piperazine rings is 1. The van der Waals surface area contributed by atoms with Crippen molar-refractivity contribution >= 4 is 5.91 Å². The van der Waals surface area contributed by atoms with Gasteiger partial charge in [-0.1, -0.05) is 13.0 Å². The minimum Gasteiger partial charge on any atom is -0.480 e. The Morgan fingerprint density at radius 1 is 1.06 bits per heavy atom. The van der Waals surface area contributed by atoms with E-state index in [0.717, 1.165) is 36.8 Å². The first kappa shape index (κ1) is 21.2. The Balaban J connectivity index is 1.24. The van der Waals surface area contributed by atoms with Crippen molar-refractivity contribution in [3.05, 3.63) is 53.3 Å². The first-order chi connectivity index (χ1) is 16.2. The highest BCUT2D eigenvalue weighted by molar-refractivity contribution is 5.95. The van der Waals surface area contributed by atoms with Crippen molar-refractivity contribution in [2.45, 2.75) is 19.9 Å². The zero-order valence-corrected chi connectivity index (χ0v) is 18.7. The average molecular weight is 450 g/mol. The third-order valence-corrected chi connectivity index (χ3v) is 5.99. The summed E-state index contributed by atoms with van der Waals surface area (Å²) >= 11 is 0. The van der Waals surface area contributed by atoms with Gasteiger partial charge in [0.15, 0.2) is 17.3 Å². The van der Waals surface area contributed by atoms with Gasteiger partial charge in [-0.25, -0.2) is 4.68 Å². The maximum Gasteiger partial charge on any atom is 0.257 e. The molecule has 172 valence electrons. The number of amides is 1. The van der Waals surface area contributed by atoms with Gasteiger partial charge in [-0.15, -0.1) is 10.2 Å². The maximum absolute atomic E-state index is 13.3. The normalized spacial score (nSPS) is 15.6. The van der Waals surface area contributed by atoms with Gasteiger partial charge in [0.1, 0.15) is 0 Å². The molecule has 10 heteroatoms. The van der Waals surface area contributed by atoms with Gasteiger partial charge in [0.25, 0.3) is 5.91 Å². The number of fused-ring (bicyclic) bond motifs is 1. The molecular weight excluding hydrogens is 424 g/mol. The van der Waals surface area contributed by atoms with E-state index in [2.05, 4.69) is 26.3 Å². The van der Waals surface area contributed by atoms with E-state index in [0.29, 0.717) is 36.8 Å². The van der Waals surface area contributed by atoms with Gasteiger partial charge < -0.3 is 19.1 Å². The average Bonchev–Trinajstić information content (AvgIpc) is 3.50. The maximum atomic E-state index is 13.3. The highest BCUT2D eigenvalue weighted by atomic mass is 16.7. The van der Waals surface area contributed by atoms with Crippen molar-refractivity contribution in [2.24, 2.45) is 0 Å². The molecule has 0 saturated carbocycles. The molecule has 0 aliphatic carbocycles. The van der Waals surface area contributed by atoms with Crippen molar-refractivity contribution < 1.29 is 19.0 Å². The van der Waals surface area contributed by atoms with Crippen molar-refractivity contribution in [1.29, 1.82) is 0 Å². The predicted octanol–water partition coefficient (Wildman–Crippen LogP) is 1.92. The van der Waals surface area contributed by atoms with Gasteiger partial charge in [-0.2, -0.15) is 5.10 Å². The lowest BCUT2D eigenvalue weighted by Gasteiger charge is -2.34. The number of ether oxygens (including phenoxy) is 3. The largest absolute Gasteiger partial charge is 0.480 e. The van der Waals surface area contributed by atoms with Crippen molar-refractivity contribution in [2.75, 3.05) is 40.1 Å². The van der Waals surface area contributed by atoms with Crippen LogP contribution >= 0.6 is 0 Å². The van der Waals surface area contributed by atoms with Crippen LogP contribution in [0.3, 0.4) is 0 Å². The SMILES string of the molecule is CCc1c(C(=O)N2CCN(Cc3ccc4c(c3)OCO4)CC2)cnn1-c1ccc(OC)nn1.